The monoisotopic (exact) mass is 415 g/mol. The van der Waals surface area contributed by atoms with Crippen molar-refractivity contribution >= 4 is 46.0 Å². The first kappa shape index (κ1) is 15.8. The zero-order valence-electron chi connectivity index (χ0n) is 10.7. The molecule has 1 N–H and O–H groups in total. The van der Waals surface area contributed by atoms with Crippen LogP contribution < -0.4 is 0 Å². The molecule has 2 aromatic rings. The van der Waals surface area contributed by atoms with Crippen molar-refractivity contribution in [2.24, 2.45) is 0 Å². The number of carboxylic acid groups (broad SMARTS) is 1. The van der Waals surface area contributed by atoms with Gasteiger partial charge in [-0.25, -0.2) is 0 Å². The van der Waals surface area contributed by atoms with Crippen molar-refractivity contribution in [3.63, 3.8) is 0 Å². The third-order valence-electron chi connectivity index (χ3n) is 2.62. The van der Waals surface area contributed by atoms with E-state index in [2.05, 4.69) is 0 Å². The molecule has 0 saturated heterocycles. The van der Waals surface area contributed by atoms with Crippen LogP contribution in [-0.2, 0) is 11.2 Å². The average Bonchev–Trinajstić information content (AvgIpc) is 2.42. The van der Waals surface area contributed by atoms with E-state index in [9.17, 15) is 14.9 Å². The maximum atomic E-state index is 11.1. The average molecular weight is 415 g/mol. The molecule has 0 amide bonds. The first-order valence-electron chi connectivity index (χ1n) is 5.88. The van der Waals surface area contributed by atoms with Crippen molar-refractivity contribution < 1.29 is 14.8 Å². The summed E-state index contributed by atoms with van der Waals surface area (Å²) >= 11 is 3.32. The molecule has 0 aliphatic heterocycles. The lowest BCUT2D eigenvalue weighted by Gasteiger charge is -2.04. The molecule has 0 aliphatic carbocycles. The van der Waals surface area contributed by atoms with Gasteiger partial charge in [0.25, 0.3) is 5.69 Å². The van der Waals surface area contributed by atoms with Gasteiger partial charge in [-0.1, -0.05) is 23.9 Å². The van der Waals surface area contributed by atoms with Gasteiger partial charge >= 0.3 is 5.97 Å². The van der Waals surface area contributed by atoms with Crippen molar-refractivity contribution in [3.05, 3.63) is 61.7 Å². The molecular formula is C14H10INO4S. The molecule has 108 valence electrons. The molecule has 2 rings (SSSR count). The topological polar surface area (TPSA) is 80.4 Å². The predicted molar refractivity (Wildman–Crippen MR) is 87.7 cm³/mol. The SMILES string of the molecule is O=C(O)Cc1ccc(Sc2ccc(I)cc2[N+](=O)[O-])cc1. The highest BCUT2D eigenvalue weighted by atomic mass is 127. The van der Waals surface area contributed by atoms with Gasteiger partial charge < -0.3 is 5.11 Å². The summed E-state index contributed by atoms with van der Waals surface area (Å²) in [5.41, 5.74) is 0.769. The summed E-state index contributed by atoms with van der Waals surface area (Å²) < 4.78 is 0.806. The Hall–Kier alpha value is -1.61. The number of nitro benzene ring substituents is 1. The van der Waals surface area contributed by atoms with Gasteiger partial charge in [0.15, 0.2) is 0 Å². The number of hydrogen-bond acceptors (Lipinski definition) is 4. The van der Waals surface area contributed by atoms with E-state index in [-0.39, 0.29) is 12.1 Å². The third kappa shape index (κ3) is 4.43. The van der Waals surface area contributed by atoms with Crippen LogP contribution in [0.1, 0.15) is 5.56 Å². The van der Waals surface area contributed by atoms with Gasteiger partial charge in [-0.3, -0.25) is 14.9 Å². The molecule has 0 fully saturated rings. The summed E-state index contributed by atoms with van der Waals surface area (Å²) in [7, 11) is 0. The van der Waals surface area contributed by atoms with Gasteiger partial charge in [-0.05, 0) is 52.4 Å². The summed E-state index contributed by atoms with van der Waals surface area (Å²) in [6, 6.07) is 12.0. The minimum atomic E-state index is -0.885. The maximum Gasteiger partial charge on any atom is 0.307 e. The molecule has 7 heteroatoms. The Balaban J connectivity index is 2.22. The van der Waals surface area contributed by atoms with Gasteiger partial charge in [0.05, 0.1) is 16.2 Å². The van der Waals surface area contributed by atoms with Gasteiger partial charge in [0.2, 0.25) is 0 Å². The second-order valence-corrected chi connectivity index (χ2v) is 6.55. The quantitative estimate of drug-likeness (QED) is 0.454. The number of carboxylic acids is 1. The van der Waals surface area contributed by atoms with Gasteiger partial charge in [-0.2, -0.15) is 0 Å². The summed E-state index contributed by atoms with van der Waals surface area (Å²) in [4.78, 5) is 22.7. The van der Waals surface area contributed by atoms with Crippen molar-refractivity contribution in [3.8, 4) is 0 Å². The molecule has 0 heterocycles. The predicted octanol–water partition coefficient (Wildman–Crippen LogP) is 3.98. The molecule has 0 saturated carbocycles. The van der Waals surface area contributed by atoms with Crippen molar-refractivity contribution in [2.75, 3.05) is 0 Å². The first-order chi connectivity index (χ1) is 9.95. The number of rotatable bonds is 5. The third-order valence-corrected chi connectivity index (χ3v) is 4.37. The lowest BCUT2D eigenvalue weighted by atomic mass is 10.2. The smallest absolute Gasteiger partial charge is 0.307 e. The van der Waals surface area contributed by atoms with Crippen LogP contribution >= 0.6 is 34.4 Å². The van der Waals surface area contributed by atoms with E-state index in [1.165, 1.54) is 17.8 Å². The Bertz CT molecular complexity index is 688. The Kier molecular flexibility index (Phi) is 5.18. The summed E-state index contributed by atoms with van der Waals surface area (Å²) in [6.07, 6.45) is -0.0331. The van der Waals surface area contributed by atoms with E-state index in [0.29, 0.717) is 10.5 Å². The van der Waals surface area contributed by atoms with E-state index in [1.807, 2.05) is 28.7 Å². The largest absolute Gasteiger partial charge is 0.481 e. The molecular weight excluding hydrogens is 405 g/mol. The number of carbonyl (C=O) groups is 1. The molecule has 0 unspecified atom stereocenters. The fourth-order valence-corrected chi connectivity index (χ4v) is 3.07. The summed E-state index contributed by atoms with van der Waals surface area (Å²) in [6.45, 7) is 0. The Labute approximate surface area is 138 Å². The fraction of sp³-hybridized carbons (Fsp3) is 0.0714. The number of nitro groups is 1. The van der Waals surface area contributed by atoms with Gasteiger partial charge in [0.1, 0.15) is 0 Å². The normalized spacial score (nSPS) is 10.3. The minimum Gasteiger partial charge on any atom is -0.481 e. The van der Waals surface area contributed by atoms with Gasteiger partial charge in [-0.15, -0.1) is 0 Å². The van der Waals surface area contributed by atoms with Crippen LogP contribution in [0.25, 0.3) is 0 Å². The number of hydrogen-bond donors (Lipinski definition) is 1. The molecule has 0 spiro atoms. The van der Waals surface area contributed by atoms with Crippen LogP contribution in [0.5, 0.6) is 0 Å². The van der Waals surface area contributed by atoms with Crippen LogP contribution in [0.15, 0.2) is 52.3 Å². The Morgan fingerprint density at radius 1 is 1.24 bits per heavy atom. The first-order valence-corrected chi connectivity index (χ1v) is 7.78. The molecule has 5 nitrogen and oxygen atoms in total. The maximum absolute atomic E-state index is 11.1. The van der Waals surface area contributed by atoms with E-state index >= 15 is 0 Å². The number of nitrogens with zero attached hydrogens (tertiary/aromatic N) is 1. The number of benzene rings is 2. The van der Waals surface area contributed by atoms with Crippen LogP contribution in [0, 0.1) is 13.7 Å². The second kappa shape index (κ2) is 6.90. The molecule has 0 bridgehead atoms. The van der Waals surface area contributed by atoms with E-state index in [0.717, 1.165) is 8.47 Å². The number of halogens is 1. The Morgan fingerprint density at radius 3 is 2.48 bits per heavy atom. The lowest BCUT2D eigenvalue weighted by Crippen LogP contribution is -1.99. The second-order valence-electron chi connectivity index (χ2n) is 4.19. The zero-order chi connectivity index (χ0) is 15.4. The molecule has 0 aliphatic rings. The highest BCUT2D eigenvalue weighted by molar-refractivity contribution is 14.1. The van der Waals surface area contributed by atoms with Crippen LogP contribution in [-0.4, -0.2) is 16.0 Å². The van der Waals surface area contributed by atoms with E-state index in [1.54, 1.807) is 30.3 Å². The molecule has 2 aromatic carbocycles. The number of aliphatic carboxylic acids is 1. The van der Waals surface area contributed by atoms with E-state index in [4.69, 9.17) is 5.11 Å². The standard InChI is InChI=1S/C14H10INO4S/c15-10-3-6-13(12(8-10)16(19)20)21-11-4-1-9(2-5-11)7-14(17)18/h1-6,8H,7H2,(H,17,18). The van der Waals surface area contributed by atoms with Crippen LogP contribution in [0.3, 0.4) is 0 Å². The molecule has 0 atom stereocenters. The highest BCUT2D eigenvalue weighted by Gasteiger charge is 2.15. The Morgan fingerprint density at radius 2 is 1.90 bits per heavy atom. The van der Waals surface area contributed by atoms with E-state index < -0.39 is 10.9 Å². The molecule has 0 aromatic heterocycles. The zero-order valence-corrected chi connectivity index (χ0v) is 13.6. The van der Waals surface area contributed by atoms with Crippen molar-refractivity contribution in [1.29, 1.82) is 0 Å². The molecule has 21 heavy (non-hydrogen) atoms. The summed E-state index contributed by atoms with van der Waals surface area (Å²) in [5, 5.41) is 19.8. The van der Waals surface area contributed by atoms with Crippen molar-refractivity contribution in [2.45, 2.75) is 16.2 Å². The van der Waals surface area contributed by atoms with Crippen LogP contribution in [0.4, 0.5) is 5.69 Å². The highest BCUT2D eigenvalue weighted by Crippen LogP contribution is 2.35. The summed E-state index contributed by atoms with van der Waals surface area (Å²) in [5.74, 6) is -0.885. The minimum absolute atomic E-state index is 0.0331. The van der Waals surface area contributed by atoms with Crippen LogP contribution in [0.2, 0.25) is 0 Å². The van der Waals surface area contributed by atoms with Gasteiger partial charge in [0, 0.05) is 14.5 Å². The lowest BCUT2D eigenvalue weighted by molar-refractivity contribution is -0.387. The van der Waals surface area contributed by atoms with Crippen molar-refractivity contribution in [1.82, 2.24) is 0 Å². The fourth-order valence-electron chi connectivity index (χ4n) is 1.70. The molecule has 0 radical (unpaired) electrons.